The van der Waals surface area contributed by atoms with Gasteiger partial charge in [0.1, 0.15) is 0 Å². The van der Waals surface area contributed by atoms with Gasteiger partial charge in [0.15, 0.2) is 17.4 Å². The maximum absolute atomic E-state index is 13.5. The maximum atomic E-state index is 13.5. The first kappa shape index (κ1) is 12.9. The minimum atomic E-state index is -0.810. The molecule has 4 nitrogen and oxygen atoms in total. The zero-order chi connectivity index (χ0) is 13.8. The molecule has 0 unspecified atom stereocenters. The second kappa shape index (κ2) is 5.42. The van der Waals surface area contributed by atoms with Crippen molar-refractivity contribution in [2.45, 2.75) is 6.61 Å². The van der Waals surface area contributed by atoms with Crippen molar-refractivity contribution in [1.82, 2.24) is 4.98 Å². The van der Waals surface area contributed by atoms with Crippen LogP contribution < -0.4 is 4.74 Å². The predicted molar refractivity (Wildman–Crippen MR) is 61.3 cm³/mol. The van der Waals surface area contributed by atoms with Gasteiger partial charge in [-0.15, -0.1) is 0 Å². The molecule has 1 heterocycles. The Labute approximate surface area is 107 Å². The van der Waals surface area contributed by atoms with Crippen LogP contribution in [0.1, 0.15) is 11.1 Å². The molecule has 1 aromatic carbocycles. The second-order valence-corrected chi connectivity index (χ2v) is 3.65. The standard InChI is InChI=1S/C13H8F2N2O2/c14-10-3-8(5-16)1-2-12(10)19-13-11(15)4-9(7-18)6-17-13/h1-4,6,18H,7H2. The number of nitrogens with zero attached hydrogens (tertiary/aromatic N) is 2. The highest BCUT2D eigenvalue weighted by molar-refractivity contribution is 5.37. The summed E-state index contributed by atoms with van der Waals surface area (Å²) >= 11 is 0. The Balaban J connectivity index is 2.29. The molecule has 2 rings (SSSR count). The fourth-order valence-corrected chi connectivity index (χ4v) is 1.38. The van der Waals surface area contributed by atoms with E-state index in [4.69, 9.17) is 15.1 Å². The number of aromatic nitrogens is 1. The lowest BCUT2D eigenvalue weighted by Crippen LogP contribution is -1.96. The van der Waals surface area contributed by atoms with Crippen LogP contribution in [-0.2, 0) is 6.61 Å². The van der Waals surface area contributed by atoms with Crippen LogP contribution in [0.5, 0.6) is 11.6 Å². The molecule has 0 aliphatic heterocycles. The van der Waals surface area contributed by atoms with Gasteiger partial charge >= 0.3 is 0 Å². The van der Waals surface area contributed by atoms with E-state index in [9.17, 15) is 8.78 Å². The summed E-state index contributed by atoms with van der Waals surface area (Å²) in [4.78, 5) is 3.64. The predicted octanol–water partition coefficient (Wildman–Crippen LogP) is 2.52. The monoisotopic (exact) mass is 262 g/mol. The Hall–Kier alpha value is -2.52. The molecule has 0 atom stereocenters. The van der Waals surface area contributed by atoms with Crippen molar-refractivity contribution in [3.8, 4) is 17.7 Å². The number of benzene rings is 1. The fourth-order valence-electron chi connectivity index (χ4n) is 1.38. The summed E-state index contributed by atoms with van der Waals surface area (Å²) in [5.41, 5.74) is 0.416. The van der Waals surface area contributed by atoms with Crippen molar-refractivity contribution in [3.63, 3.8) is 0 Å². The molecule has 0 spiro atoms. The molecular formula is C13H8F2N2O2. The van der Waals surface area contributed by atoms with Crippen molar-refractivity contribution < 1.29 is 18.6 Å². The highest BCUT2D eigenvalue weighted by Gasteiger charge is 2.11. The number of aliphatic hydroxyl groups excluding tert-OH is 1. The largest absolute Gasteiger partial charge is 0.433 e. The number of pyridine rings is 1. The van der Waals surface area contributed by atoms with Gasteiger partial charge in [0.25, 0.3) is 5.88 Å². The molecule has 0 aliphatic rings. The molecule has 6 heteroatoms. The molecule has 0 saturated carbocycles. The van der Waals surface area contributed by atoms with Crippen molar-refractivity contribution in [2.75, 3.05) is 0 Å². The SMILES string of the molecule is N#Cc1ccc(Oc2ncc(CO)cc2F)c(F)c1. The van der Waals surface area contributed by atoms with E-state index in [1.54, 1.807) is 6.07 Å². The lowest BCUT2D eigenvalue weighted by molar-refractivity contribution is 0.280. The maximum Gasteiger partial charge on any atom is 0.255 e. The van der Waals surface area contributed by atoms with Gasteiger partial charge in [-0.2, -0.15) is 5.26 Å². The van der Waals surface area contributed by atoms with Crippen molar-refractivity contribution in [1.29, 1.82) is 5.26 Å². The van der Waals surface area contributed by atoms with Crippen LogP contribution in [0, 0.1) is 23.0 Å². The lowest BCUT2D eigenvalue weighted by Gasteiger charge is -2.07. The number of halogens is 2. The number of ether oxygens (including phenoxy) is 1. The van der Waals surface area contributed by atoms with Crippen LogP contribution in [0.3, 0.4) is 0 Å². The Morgan fingerprint density at radius 3 is 2.63 bits per heavy atom. The summed E-state index contributed by atoms with van der Waals surface area (Å²) in [6, 6.07) is 6.36. The summed E-state index contributed by atoms with van der Waals surface area (Å²) in [5, 5.41) is 17.4. The minimum Gasteiger partial charge on any atom is -0.433 e. The van der Waals surface area contributed by atoms with E-state index in [1.165, 1.54) is 18.3 Å². The molecule has 0 fully saturated rings. The van der Waals surface area contributed by atoms with E-state index in [0.717, 1.165) is 12.1 Å². The smallest absolute Gasteiger partial charge is 0.255 e. The fraction of sp³-hybridized carbons (Fsp3) is 0.0769. The highest BCUT2D eigenvalue weighted by Crippen LogP contribution is 2.25. The van der Waals surface area contributed by atoms with E-state index in [0.29, 0.717) is 0 Å². The van der Waals surface area contributed by atoms with Crippen molar-refractivity contribution >= 4 is 0 Å². The van der Waals surface area contributed by atoms with Gasteiger partial charge in [-0.3, -0.25) is 0 Å². The third-order valence-electron chi connectivity index (χ3n) is 2.31. The number of hydrogen-bond acceptors (Lipinski definition) is 4. The average Bonchev–Trinajstić information content (AvgIpc) is 2.42. The molecule has 0 amide bonds. The normalized spacial score (nSPS) is 10.0. The van der Waals surface area contributed by atoms with Gasteiger partial charge in [0, 0.05) is 6.20 Å². The number of rotatable bonds is 3. The van der Waals surface area contributed by atoms with Crippen LogP contribution in [0.25, 0.3) is 0 Å². The van der Waals surface area contributed by atoms with E-state index >= 15 is 0 Å². The topological polar surface area (TPSA) is 66.1 Å². The van der Waals surface area contributed by atoms with Crippen LogP contribution in [0.2, 0.25) is 0 Å². The summed E-state index contributed by atoms with van der Waals surface area (Å²) < 4.78 is 32.0. The molecule has 19 heavy (non-hydrogen) atoms. The third-order valence-corrected chi connectivity index (χ3v) is 2.31. The van der Waals surface area contributed by atoms with E-state index in [2.05, 4.69) is 4.98 Å². The first-order valence-electron chi connectivity index (χ1n) is 5.27. The Bertz CT molecular complexity index is 654. The zero-order valence-electron chi connectivity index (χ0n) is 9.60. The van der Waals surface area contributed by atoms with Crippen LogP contribution in [0.15, 0.2) is 30.5 Å². The molecule has 1 aromatic heterocycles. The van der Waals surface area contributed by atoms with Gasteiger partial charge in [-0.25, -0.2) is 13.8 Å². The van der Waals surface area contributed by atoms with Crippen molar-refractivity contribution in [3.05, 3.63) is 53.2 Å². The average molecular weight is 262 g/mol. The lowest BCUT2D eigenvalue weighted by atomic mass is 10.2. The van der Waals surface area contributed by atoms with Gasteiger partial charge in [-0.1, -0.05) is 0 Å². The number of aliphatic hydroxyl groups is 1. The van der Waals surface area contributed by atoms with Crippen molar-refractivity contribution in [2.24, 2.45) is 0 Å². The number of hydrogen-bond donors (Lipinski definition) is 1. The molecule has 1 N–H and O–H groups in total. The summed E-state index contributed by atoms with van der Waals surface area (Å²) in [6.07, 6.45) is 1.22. The van der Waals surface area contributed by atoms with E-state index < -0.39 is 17.5 Å². The summed E-state index contributed by atoms with van der Waals surface area (Å²) in [6.45, 7) is -0.352. The molecule has 2 aromatic rings. The molecule has 0 saturated heterocycles. The van der Waals surface area contributed by atoms with E-state index in [-0.39, 0.29) is 23.5 Å². The van der Waals surface area contributed by atoms with E-state index in [1.807, 2.05) is 0 Å². The quantitative estimate of drug-likeness (QED) is 0.922. The zero-order valence-corrected chi connectivity index (χ0v) is 9.60. The first-order chi connectivity index (χ1) is 9.13. The second-order valence-electron chi connectivity index (χ2n) is 3.65. The van der Waals surface area contributed by atoms with Crippen LogP contribution in [0.4, 0.5) is 8.78 Å². The van der Waals surface area contributed by atoms with Crippen LogP contribution >= 0.6 is 0 Å². The van der Waals surface area contributed by atoms with Gasteiger partial charge in [-0.05, 0) is 29.8 Å². The van der Waals surface area contributed by atoms with Gasteiger partial charge < -0.3 is 9.84 Å². The first-order valence-corrected chi connectivity index (χ1v) is 5.27. The van der Waals surface area contributed by atoms with Gasteiger partial charge in [0.05, 0.1) is 18.2 Å². The molecule has 0 aliphatic carbocycles. The molecule has 0 bridgehead atoms. The minimum absolute atomic E-state index is 0.133. The molecule has 0 radical (unpaired) electrons. The molecule has 96 valence electrons. The Morgan fingerprint density at radius 2 is 2.05 bits per heavy atom. The third kappa shape index (κ3) is 2.84. The molecular weight excluding hydrogens is 254 g/mol. The Kier molecular flexibility index (Phi) is 3.68. The Morgan fingerprint density at radius 1 is 1.26 bits per heavy atom. The summed E-state index contributed by atoms with van der Waals surface area (Å²) in [7, 11) is 0. The highest BCUT2D eigenvalue weighted by atomic mass is 19.1. The van der Waals surface area contributed by atoms with Gasteiger partial charge in [0.2, 0.25) is 0 Å². The summed E-state index contributed by atoms with van der Waals surface area (Å²) in [5.74, 6) is -2.23. The van der Waals surface area contributed by atoms with Crippen LogP contribution in [-0.4, -0.2) is 10.1 Å². The number of nitriles is 1.